The molecular weight excluding hydrogens is 1280 g/mol. The maximum absolute atomic E-state index is 13.1. The minimum absolute atomic E-state index is 0.106. The highest BCUT2D eigenvalue weighted by atomic mass is 31.2. The topological polar surface area (TPSA) is 237 Å². The van der Waals surface area contributed by atoms with E-state index in [0.717, 1.165) is 102 Å². The lowest BCUT2D eigenvalue weighted by Crippen LogP contribution is -2.30. The van der Waals surface area contributed by atoms with Gasteiger partial charge in [-0.2, -0.15) is 0 Å². The van der Waals surface area contributed by atoms with Crippen LogP contribution in [0.25, 0.3) is 0 Å². The van der Waals surface area contributed by atoms with Gasteiger partial charge in [0, 0.05) is 25.7 Å². The molecule has 0 saturated heterocycles. The van der Waals surface area contributed by atoms with Gasteiger partial charge in [0.2, 0.25) is 0 Å². The molecule has 19 heteroatoms. The molecule has 0 aliphatic heterocycles. The predicted molar refractivity (Wildman–Crippen MR) is 400 cm³/mol. The third-order valence-electron chi connectivity index (χ3n) is 18.5. The van der Waals surface area contributed by atoms with E-state index in [4.69, 9.17) is 37.0 Å². The molecule has 0 bridgehead atoms. The molecule has 2 unspecified atom stereocenters. The standard InChI is InChI=1S/C79H154O17P2/c1-7-9-11-13-15-17-18-19-20-26-29-32-38-44-50-56-62-77(82)90-68-75(95-78(83)63-57-51-45-39-33-30-27-24-22-21-23-25-28-31-36-41-47-53-59-71(3)4)70-94-98(87,88)92-66-73(80)65-91-97(85,86)93-69-74(67-89-76(81)61-55-49-43-35-16-14-12-10-8-2)96-79(84)64-58-52-46-40-34-37-42-48-54-60-72(5)6/h71-75,80H,7-70H2,1-6H3,(H,85,86)(H,87,88)/t73-,74+,75+/m0/s1. The number of esters is 4. The fourth-order valence-electron chi connectivity index (χ4n) is 12.2. The summed E-state index contributed by atoms with van der Waals surface area (Å²) in [6.07, 6.45) is 59.7. The maximum Gasteiger partial charge on any atom is 0.472 e. The molecule has 0 spiro atoms. The molecular formula is C79H154O17P2. The van der Waals surface area contributed by atoms with Gasteiger partial charge in [-0.15, -0.1) is 0 Å². The van der Waals surface area contributed by atoms with Crippen molar-refractivity contribution in [3.63, 3.8) is 0 Å². The third-order valence-corrected chi connectivity index (χ3v) is 20.4. The van der Waals surface area contributed by atoms with Crippen LogP contribution in [0.2, 0.25) is 0 Å². The number of phosphoric acid groups is 2. The Hall–Kier alpha value is -1.94. The van der Waals surface area contributed by atoms with Crippen LogP contribution in [0.15, 0.2) is 0 Å². The first kappa shape index (κ1) is 96.1. The molecule has 582 valence electrons. The SMILES string of the molecule is CCCCCCCCCCCCCCCCCCC(=O)OC[C@H](COP(=O)(O)OC[C@@H](O)COP(=O)(O)OC[C@@H](COC(=O)CCCCCCCCCCC)OC(=O)CCCCCCCCCCCC(C)C)OC(=O)CCCCCCCCCCCCCCCCCCCCC(C)C. The van der Waals surface area contributed by atoms with Crippen molar-refractivity contribution in [1.29, 1.82) is 0 Å². The summed E-state index contributed by atoms with van der Waals surface area (Å²) >= 11 is 0. The van der Waals surface area contributed by atoms with Crippen LogP contribution >= 0.6 is 15.6 Å². The smallest absolute Gasteiger partial charge is 0.462 e. The Balaban J connectivity index is 5.20. The normalized spacial score (nSPS) is 13.9. The second-order valence-corrected chi connectivity index (χ2v) is 32.3. The number of hydrogen-bond donors (Lipinski definition) is 3. The first-order chi connectivity index (χ1) is 47.4. The van der Waals surface area contributed by atoms with Gasteiger partial charge in [-0.1, -0.05) is 363 Å². The molecule has 0 radical (unpaired) electrons. The average Bonchev–Trinajstić information content (AvgIpc) is 0.956. The lowest BCUT2D eigenvalue weighted by atomic mass is 10.0. The van der Waals surface area contributed by atoms with Crippen molar-refractivity contribution in [2.24, 2.45) is 11.8 Å². The summed E-state index contributed by atoms with van der Waals surface area (Å²) in [5, 5.41) is 10.6. The Bertz CT molecular complexity index is 1890. The number of aliphatic hydroxyl groups excluding tert-OH is 1. The fraction of sp³-hybridized carbons (Fsp3) is 0.949. The van der Waals surface area contributed by atoms with Crippen molar-refractivity contribution < 1.29 is 80.2 Å². The Morgan fingerprint density at radius 1 is 0.276 bits per heavy atom. The quantitative estimate of drug-likeness (QED) is 0.0222. The van der Waals surface area contributed by atoms with Gasteiger partial charge in [0.1, 0.15) is 19.3 Å². The Labute approximate surface area is 600 Å². The van der Waals surface area contributed by atoms with Crippen LogP contribution in [-0.2, 0) is 65.4 Å². The molecule has 0 aliphatic rings. The van der Waals surface area contributed by atoms with E-state index in [9.17, 15) is 43.2 Å². The first-order valence-electron chi connectivity index (χ1n) is 41.0. The van der Waals surface area contributed by atoms with E-state index in [2.05, 4.69) is 41.5 Å². The van der Waals surface area contributed by atoms with E-state index < -0.39 is 97.5 Å². The van der Waals surface area contributed by atoms with Crippen LogP contribution in [-0.4, -0.2) is 96.7 Å². The van der Waals surface area contributed by atoms with Gasteiger partial charge in [0.15, 0.2) is 12.2 Å². The number of aliphatic hydroxyl groups is 1. The summed E-state index contributed by atoms with van der Waals surface area (Å²) in [6.45, 7) is 9.61. The summed E-state index contributed by atoms with van der Waals surface area (Å²) in [5.41, 5.74) is 0. The van der Waals surface area contributed by atoms with Crippen molar-refractivity contribution in [2.45, 2.75) is 432 Å². The van der Waals surface area contributed by atoms with Crippen molar-refractivity contribution >= 4 is 39.5 Å². The van der Waals surface area contributed by atoms with Gasteiger partial charge in [-0.3, -0.25) is 37.3 Å². The summed E-state index contributed by atoms with van der Waals surface area (Å²) in [6, 6.07) is 0. The number of phosphoric ester groups is 2. The van der Waals surface area contributed by atoms with E-state index >= 15 is 0 Å². The number of carbonyl (C=O) groups excluding carboxylic acids is 4. The van der Waals surface area contributed by atoms with Crippen molar-refractivity contribution in [1.82, 2.24) is 0 Å². The van der Waals surface area contributed by atoms with Crippen molar-refractivity contribution in [3.05, 3.63) is 0 Å². The lowest BCUT2D eigenvalue weighted by molar-refractivity contribution is -0.161. The zero-order chi connectivity index (χ0) is 72.1. The van der Waals surface area contributed by atoms with E-state index in [-0.39, 0.29) is 25.7 Å². The molecule has 0 rings (SSSR count). The lowest BCUT2D eigenvalue weighted by Gasteiger charge is -2.21. The molecule has 3 N–H and O–H groups in total. The van der Waals surface area contributed by atoms with Crippen LogP contribution in [0.3, 0.4) is 0 Å². The molecule has 0 aliphatic carbocycles. The van der Waals surface area contributed by atoms with E-state index in [1.807, 2.05) is 0 Å². The van der Waals surface area contributed by atoms with Crippen LogP contribution in [0.1, 0.15) is 414 Å². The monoisotopic (exact) mass is 1440 g/mol. The summed E-state index contributed by atoms with van der Waals surface area (Å²) in [4.78, 5) is 72.9. The van der Waals surface area contributed by atoms with Gasteiger partial charge in [-0.05, 0) is 37.5 Å². The Morgan fingerprint density at radius 2 is 0.469 bits per heavy atom. The molecule has 17 nitrogen and oxygen atoms in total. The van der Waals surface area contributed by atoms with Crippen LogP contribution in [0, 0.1) is 11.8 Å². The molecule has 0 saturated carbocycles. The number of hydrogen-bond acceptors (Lipinski definition) is 15. The van der Waals surface area contributed by atoms with E-state index in [0.29, 0.717) is 25.7 Å². The number of rotatable bonds is 78. The second kappa shape index (κ2) is 70.7. The predicted octanol–water partition coefficient (Wildman–Crippen LogP) is 23.5. The van der Waals surface area contributed by atoms with Gasteiger partial charge in [0.25, 0.3) is 0 Å². The molecule has 0 heterocycles. The molecule has 0 aromatic carbocycles. The highest BCUT2D eigenvalue weighted by Crippen LogP contribution is 2.45. The maximum atomic E-state index is 13.1. The number of carbonyl (C=O) groups is 4. The van der Waals surface area contributed by atoms with Crippen LogP contribution in [0.4, 0.5) is 0 Å². The van der Waals surface area contributed by atoms with Crippen LogP contribution < -0.4 is 0 Å². The fourth-order valence-corrected chi connectivity index (χ4v) is 13.8. The van der Waals surface area contributed by atoms with Gasteiger partial charge < -0.3 is 33.8 Å². The third kappa shape index (κ3) is 72.4. The Morgan fingerprint density at radius 3 is 0.694 bits per heavy atom. The van der Waals surface area contributed by atoms with Crippen molar-refractivity contribution in [2.75, 3.05) is 39.6 Å². The molecule has 98 heavy (non-hydrogen) atoms. The Kier molecular flexibility index (Phi) is 69.3. The zero-order valence-corrected chi connectivity index (χ0v) is 65.9. The van der Waals surface area contributed by atoms with Gasteiger partial charge in [0.05, 0.1) is 26.4 Å². The first-order valence-corrected chi connectivity index (χ1v) is 44.0. The van der Waals surface area contributed by atoms with Crippen LogP contribution in [0.5, 0.6) is 0 Å². The largest absolute Gasteiger partial charge is 0.472 e. The minimum atomic E-state index is -4.96. The number of ether oxygens (including phenoxy) is 4. The second-order valence-electron chi connectivity index (χ2n) is 29.4. The van der Waals surface area contributed by atoms with E-state index in [1.165, 1.54) is 231 Å². The zero-order valence-electron chi connectivity index (χ0n) is 64.1. The molecule has 0 amide bonds. The highest BCUT2D eigenvalue weighted by molar-refractivity contribution is 7.47. The minimum Gasteiger partial charge on any atom is -0.462 e. The summed E-state index contributed by atoms with van der Waals surface area (Å²) < 4.78 is 68.6. The summed E-state index contributed by atoms with van der Waals surface area (Å²) in [5.74, 6) is -0.556. The van der Waals surface area contributed by atoms with E-state index in [1.54, 1.807) is 0 Å². The highest BCUT2D eigenvalue weighted by Gasteiger charge is 2.30. The molecule has 0 fully saturated rings. The average molecular weight is 1440 g/mol. The van der Waals surface area contributed by atoms with Crippen molar-refractivity contribution in [3.8, 4) is 0 Å². The summed E-state index contributed by atoms with van der Waals surface area (Å²) in [7, 11) is -9.91. The molecule has 0 aromatic rings. The van der Waals surface area contributed by atoms with Gasteiger partial charge in [-0.25, -0.2) is 9.13 Å². The molecule has 5 atom stereocenters. The molecule has 0 aromatic heterocycles. The van der Waals surface area contributed by atoms with Gasteiger partial charge >= 0.3 is 39.5 Å². The number of unbranched alkanes of at least 4 members (excludes halogenated alkanes) is 48.